The Morgan fingerprint density at radius 3 is 2.56 bits per heavy atom. The lowest BCUT2D eigenvalue weighted by atomic mass is 10.1. The third-order valence-corrected chi connectivity index (χ3v) is 5.87. The van der Waals surface area contributed by atoms with E-state index in [-0.39, 0.29) is 23.7 Å². The molecule has 14 heteroatoms. The van der Waals surface area contributed by atoms with Crippen LogP contribution in [0.4, 0.5) is 13.2 Å². The van der Waals surface area contributed by atoms with Crippen molar-refractivity contribution in [3.8, 4) is 11.5 Å². The predicted molar refractivity (Wildman–Crippen MR) is 121 cm³/mol. The molecule has 3 N–H and O–H groups in total. The second-order valence-electron chi connectivity index (χ2n) is 8.35. The second kappa shape index (κ2) is 10.8. The summed E-state index contributed by atoms with van der Waals surface area (Å²) < 4.78 is 38.7. The number of aromatic amines is 1. The zero-order chi connectivity index (χ0) is 26.6. The Kier molecular flexibility index (Phi) is 8.07. The fourth-order valence-electron chi connectivity index (χ4n) is 3.98. The van der Waals surface area contributed by atoms with Gasteiger partial charge in [0.2, 0.25) is 0 Å². The quantitative estimate of drug-likeness (QED) is 0.330. The molecule has 1 aromatic carbocycles. The van der Waals surface area contributed by atoms with E-state index in [1.54, 1.807) is 0 Å². The van der Waals surface area contributed by atoms with Gasteiger partial charge in [-0.25, -0.2) is 14.6 Å². The van der Waals surface area contributed by atoms with Crippen molar-refractivity contribution in [3.05, 3.63) is 44.1 Å². The number of ether oxygens (including phenoxy) is 1. The third-order valence-electron chi connectivity index (χ3n) is 5.87. The summed E-state index contributed by atoms with van der Waals surface area (Å²) >= 11 is 0. The SMILES string of the molecule is Cc1cc2nc3c(=O)[nH]c(=O)nc-3n(CCNC3CC[C@@H](OC=O)C3)c2cc1C.O=C(O)C(F)(F)F. The number of nitrogens with zero attached hydrogens (tertiary/aromatic N) is 3. The molecule has 1 unspecified atom stereocenters. The number of H-pyrrole nitrogens is 1. The molecule has 4 rings (SSSR count). The normalized spacial score (nSPS) is 17.6. The van der Waals surface area contributed by atoms with Crippen molar-refractivity contribution in [3.63, 3.8) is 0 Å². The topological polar surface area (TPSA) is 156 Å². The smallest absolute Gasteiger partial charge is 0.475 e. The molecule has 194 valence electrons. The fraction of sp³-hybridized carbons (Fsp3) is 0.455. The van der Waals surface area contributed by atoms with Gasteiger partial charge in [0.05, 0.1) is 11.0 Å². The van der Waals surface area contributed by atoms with Crippen LogP contribution in [0.2, 0.25) is 0 Å². The highest BCUT2D eigenvalue weighted by Gasteiger charge is 2.38. The van der Waals surface area contributed by atoms with Crippen molar-refractivity contribution in [2.45, 2.75) is 58.0 Å². The average Bonchev–Trinajstić information content (AvgIpc) is 3.22. The molecule has 36 heavy (non-hydrogen) atoms. The number of carboxylic acid groups (broad SMARTS) is 1. The van der Waals surface area contributed by atoms with Crippen molar-refractivity contribution in [2.75, 3.05) is 6.54 Å². The van der Waals surface area contributed by atoms with Crippen LogP contribution in [0.3, 0.4) is 0 Å². The monoisotopic (exact) mass is 511 g/mol. The van der Waals surface area contributed by atoms with Crippen LogP contribution in [0, 0.1) is 13.8 Å². The summed E-state index contributed by atoms with van der Waals surface area (Å²) in [6, 6.07) is 4.21. The number of nitrogens with one attached hydrogen (secondary N) is 2. The Balaban J connectivity index is 0.000000454. The van der Waals surface area contributed by atoms with Gasteiger partial charge in [0, 0.05) is 19.1 Å². The minimum absolute atomic E-state index is 0.0332. The van der Waals surface area contributed by atoms with Gasteiger partial charge in [0.25, 0.3) is 12.0 Å². The predicted octanol–water partition coefficient (Wildman–Crippen LogP) is 1.52. The summed E-state index contributed by atoms with van der Waals surface area (Å²) in [5.74, 6) is -2.47. The summed E-state index contributed by atoms with van der Waals surface area (Å²) in [5.41, 5.74) is 2.62. The molecule has 1 fully saturated rings. The number of benzene rings is 1. The van der Waals surface area contributed by atoms with Crippen LogP contribution < -0.4 is 16.6 Å². The first kappa shape index (κ1) is 26.8. The number of rotatable bonds is 6. The number of hydrogen-bond acceptors (Lipinski definition) is 8. The summed E-state index contributed by atoms with van der Waals surface area (Å²) in [6.07, 6.45) is -2.56. The van der Waals surface area contributed by atoms with E-state index in [0.717, 1.165) is 35.9 Å². The first-order valence-corrected chi connectivity index (χ1v) is 10.9. The number of alkyl halides is 3. The van der Waals surface area contributed by atoms with E-state index < -0.39 is 23.4 Å². The van der Waals surface area contributed by atoms with E-state index in [0.29, 0.717) is 25.1 Å². The minimum atomic E-state index is -5.08. The molecule has 2 atom stereocenters. The molecule has 2 heterocycles. The first-order chi connectivity index (χ1) is 16.9. The van der Waals surface area contributed by atoms with Gasteiger partial charge in [-0.15, -0.1) is 0 Å². The molecule has 0 aromatic heterocycles. The highest BCUT2D eigenvalue weighted by atomic mass is 19.4. The Labute approximate surface area is 201 Å². The van der Waals surface area contributed by atoms with E-state index in [4.69, 9.17) is 14.6 Å². The summed E-state index contributed by atoms with van der Waals surface area (Å²) in [5, 5.41) is 10.6. The van der Waals surface area contributed by atoms with Crippen molar-refractivity contribution in [1.29, 1.82) is 0 Å². The van der Waals surface area contributed by atoms with Crippen LogP contribution in [-0.2, 0) is 20.9 Å². The number of aryl methyl sites for hydroxylation is 2. The molecule has 0 radical (unpaired) electrons. The fourth-order valence-corrected chi connectivity index (χ4v) is 3.98. The van der Waals surface area contributed by atoms with Crippen LogP contribution in [0.15, 0.2) is 21.7 Å². The van der Waals surface area contributed by atoms with Gasteiger partial charge < -0.3 is 19.7 Å². The Hall–Kier alpha value is -3.81. The number of carbonyl (C=O) groups excluding carboxylic acids is 1. The first-order valence-electron chi connectivity index (χ1n) is 10.9. The van der Waals surface area contributed by atoms with Crippen LogP contribution >= 0.6 is 0 Å². The molecular weight excluding hydrogens is 487 g/mol. The molecule has 1 aromatic rings. The van der Waals surface area contributed by atoms with Crippen LogP contribution in [0.25, 0.3) is 22.6 Å². The minimum Gasteiger partial charge on any atom is -0.475 e. The average molecular weight is 511 g/mol. The van der Waals surface area contributed by atoms with Gasteiger partial charge in [0.15, 0.2) is 11.5 Å². The van der Waals surface area contributed by atoms with Gasteiger partial charge in [-0.3, -0.25) is 14.6 Å². The summed E-state index contributed by atoms with van der Waals surface area (Å²) in [6.45, 7) is 5.65. The standard InChI is InChI=1S/C20H23N5O4.C2HF3O2/c1-11-7-15-16(8-12(11)2)25(18-17(22-15)19(27)24-20(28)23-18)6-5-21-13-3-4-14(9-13)29-10-26;3-2(4,5)1(6)7/h7-8,10,13-14,21H,3-6,9H2,1-2H3,(H,24,27,28);(H,6,7)/t13?,14-;/m1./s1. The zero-order valence-corrected chi connectivity index (χ0v) is 19.4. The largest absolute Gasteiger partial charge is 0.490 e. The number of aliphatic carboxylic acids is 1. The lowest BCUT2D eigenvalue weighted by Gasteiger charge is -2.19. The molecule has 0 spiro atoms. The van der Waals surface area contributed by atoms with Gasteiger partial charge in [0.1, 0.15) is 6.10 Å². The second-order valence-corrected chi connectivity index (χ2v) is 8.35. The highest BCUT2D eigenvalue weighted by molar-refractivity contribution is 5.81. The van der Waals surface area contributed by atoms with Crippen molar-refractivity contribution in [2.24, 2.45) is 0 Å². The van der Waals surface area contributed by atoms with Crippen LogP contribution in [0.5, 0.6) is 0 Å². The number of fused-ring (bicyclic) bond motifs is 2. The molecular formula is C22H24F3N5O6. The molecule has 0 bridgehead atoms. The zero-order valence-electron chi connectivity index (χ0n) is 19.4. The van der Waals surface area contributed by atoms with Crippen molar-refractivity contribution >= 4 is 23.5 Å². The van der Waals surface area contributed by atoms with Gasteiger partial charge in [-0.05, 0) is 56.4 Å². The third kappa shape index (κ3) is 6.24. The lowest BCUT2D eigenvalue weighted by Crippen LogP contribution is -2.33. The summed E-state index contributed by atoms with van der Waals surface area (Å²) in [7, 11) is 0. The maximum Gasteiger partial charge on any atom is 0.490 e. The maximum absolute atomic E-state index is 12.3. The van der Waals surface area contributed by atoms with E-state index >= 15 is 0 Å². The molecule has 0 amide bonds. The van der Waals surface area contributed by atoms with Gasteiger partial charge >= 0.3 is 17.8 Å². The Bertz CT molecular complexity index is 1350. The number of halogens is 3. The summed E-state index contributed by atoms with van der Waals surface area (Å²) in [4.78, 5) is 54.2. The molecule has 2 aliphatic heterocycles. The molecule has 1 aliphatic carbocycles. The van der Waals surface area contributed by atoms with E-state index in [9.17, 15) is 27.6 Å². The van der Waals surface area contributed by atoms with Crippen LogP contribution in [0.1, 0.15) is 30.4 Å². The number of aromatic nitrogens is 4. The van der Waals surface area contributed by atoms with E-state index in [1.165, 1.54) is 0 Å². The van der Waals surface area contributed by atoms with Crippen molar-refractivity contribution < 1.29 is 32.6 Å². The molecule has 3 aliphatic rings. The lowest BCUT2D eigenvalue weighted by molar-refractivity contribution is -0.192. The maximum atomic E-state index is 12.3. The Morgan fingerprint density at radius 1 is 1.25 bits per heavy atom. The Morgan fingerprint density at radius 2 is 1.92 bits per heavy atom. The van der Waals surface area contributed by atoms with Gasteiger partial charge in [-0.2, -0.15) is 18.2 Å². The number of carbonyl (C=O) groups is 2. The molecule has 11 nitrogen and oxygen atoms in total. The van der Waals surface area contributed by atoms with Crippen molar-refractivity contribution in [1.82, 2.24) is 24.8 Å². The van der Waals surface area contributed by atoms with Crippen LogP contribution in [-0.4, -0.2) is 61.9 Å². The molecule has 1 saturated carbocycles. The number of hydrogen-bond donors (Lipinski definition) is 3. The van der Waals surface area contributed by atoms with E-state index in [1.807, 2.05) is 30.5 Å². The highest BCUT2D eigenvalue weighted by Crippen LogP contribution is 2.24. The number of carboxylic acids is 1. The molecule has 0 saturated heterocycles. The van der Waals surface area contributed by atoms with Gasteiger partial charge in [-0.1, -0.05) is 0 Å². The van der Waals surface area contributed by atoms with E-state index in [2.05, 4.69) is 20.3 Å².